The second-order valence-electron chi connectivity index (χ2n) is 23.7. The van der Waals surface area contributed by atoms with Crippen molar-refractivity contribution in [3.63, 3.8) is 0 Å². The molecule has 0 aromatic carbocycles. The SMILES string of the molecule is CCC[Si](CCC)(CCC)[C-](CC)[Si](CCC)(CCC)CCC.CCC[Si](CCC)(CCC)[C-](CC)[Si](CCC)(CCC)CCC.CCC[Si](CCC)(CCC)[C-](CC)[Si](CCC)(CCC)CCC.[Cr+3]. The van der Waals surface area contributed by atoms with Crippen molar-refractivity contribution >= 4 is 48.4 Å². The predicted octanol–water partition coefficient (Wildman–Crippen LogP) is 25.2. The van der Waals surface area contributed by atoms with Crippen LogP contribution in [0.4, 0.5) is 0 Å². The molecule has 0 aliphatic rings. The molecule has 0 bridgehead atoms. The molecule has 0 spiro atoms. The molecule has 0 N–H and O–H groups in total. The van der Waals surface area contributed by atoms with Gasteiger partial charge in [0.05, 0.1) is 0 Å². The minimum absolute atomic E-state index is 0. The molecule has 0 amide bonds. The average molecular weight is 1120 g/mol. The Kier molecular flexibility index (Phi) is 52.5. The molecule has 0 unspecified atom stereocenters. The molecular weight excluding hydrogens is 977 g/mol. The Morgan fingerprint density at radius 1 is 0.157 bits per heavy atom. The van der Waals surface area contributed by atoms with E-state index < -0.39 is 48.4 Å². The summed E-state index contributed by atoms with van der Waals surface area (Å²) in [6.07, 6.45) is 29.9. The second kappa shape index (κ2) is 46.9. The Bertz CT molecular complexity index is 786. The van der Waals surface area contributed by atoms with Crippen LogP contribution in [0, 0.1) is 15.5 Å². The summed E-state index contributed by atoms with van der Waals surface area (Å²) >= 11 is 0. The zero-order valence-electron chi connectivity index (χ0n) is 53.5. The van der Waals surface area contributed by atoms with Crippen molar-refractivity contribution in [2.24, 2.45) is 0 Å². The third-order valence-electron chi connectivity index (χ3n) is 18.0. The largest absolute Gasteiger partial charge is 3.00 e. The summed E-state index contributed by atoms with van der Waals surface area (Å²) in [7, 11) is -7.16. The van der Waals surface area contributed by atoms with Crippen LogP contribution in [0.15, 0.2) is 0 Å². The van der Waals surface area contributed by atoms with Crippen molar-refractivity contribution in [3.05, 3.63) is 15.5 Å². The number of hydrogen-bond acceptors (Lipinski definition) is 0. The van der Waals surface area contributed by atoms with E-state index in [1.165, 1.54) is 135 Å². The van der Waals surface area contributed by atoms with E-state index in [0.29, 0.717) is 0 Å². The van der Waals surface area contributed by atoms with E-state index in [4.69, 9.17) is 0 Å². The predicted molar refractivity (Wildman–Crippen MR) is 347 cm³/mol. The zero-order valence-corrected chi connectivity index (χ0v) is 60.8. The van der Waals surface area contributed by atoms with E-state index in [0.717, 1.165) is 0 Å². The van der Waals surface area contributed by atoms with Gasteiger partial charge in [-0.25, -0.2) is 0 Å². The summed E-state index contributed by atoms with van der Waals surface area (Å²) in [5.74, 6) is 0. The molecular formula is C63H141CrSi6. The van der Waals surface area contributed by atoms with Gasteiger partial charge < -0.3 is 15.5 Å². The van der Waals surface area contributed by atoms with E-state index >= 15 is 0 Å². The van der Waals surface area contributed by atoms with Crippen LogP contribution in [0.5, 0.6) is 0 Å². The van der Waals surface area contributed by atoms with Gasteiger partial charge in [-0.15, -0.1) is 0 Å². The Labute approximate surface area is 467 Å². The molecule has 0 saturated carbocycles. The van der Waals surface area contributed by atoms with E-state index in [1.54, 1.807) is 109 Å². The van der Waals surface area contributed by atoms with Crippen molar-refractivity contribution in [2.75, 3.05) is 0 Å². The summed E-state index contributed by atoms with van der Waals surface area (Å²) in [5, 5.41) is 6.75. The van der Waals surface area contributed by atoms with Crippen LogP contribution >= 0.6 is 0 Å². The van der Waals surface area contributed by atoms with Crippen LogP contribution in [0.2, 0.25) is 109 Å². The van der Waals surface area contributed by atoms with Gasteiger partial charge in [-0.3, -0.25) is 0 Å². The molecule has 0 rings (SSSR count). The van der Waals surface area contributed by atoms with Gasteiger partial charge in [0, 0.05) is 0 Å². The van der Waals surface area contributed by atoms with Crippen LogP contribution in [-0.2, 0) is 17.4 Å². The molecule has 0 aliphatic heterocycles. The molecule has 0 aliphatic carbocycles. The normalized spacial score (nSPS) is 12.9. The first-order valence-electron chi connectivity index (χ1n) is 32.8. The van der Waals surface area contributed by atoms with Crippen molar-refractivity contribution in [3.8, 4) is 0 Å². The Balaban J connectivity index is -0.000000463. The third-order valence-corrected chi connectivity index (χ3v) is 63.6. The fraction of sp³-hybridized carbons (Fsp3) is 0.952. The molecule has 0 fully saturated rings. The van der Waals surface area contributed by atoms with Gasteiger partial charge in [0.25, 0.3) is 0 Å². The maximum Gasteiger partial charge on any atom is 3.00 e. The van der Waals surface area contributed by atoms with E-state index in [9.17, 15) is 0 Å². The molecule has 0 saturated heterocycles. The van der Waals surface area contributed by atoms with Gasteiger partial charge in [-0.1, -0.05) is 418 Å². The first kappa shape index (κ1) is 78.3. The van der Waals surface area contributed by atoms with Gasteiger partial charge in [-0.2, -0.15) is 19.3 Å². The summed E-state index contributed by atoms with van der Waals surface area (Å²) < 4.78 is 0. The van der Waals surface area contributed by atoms with Gasteiger partial charge >= 0.3 is 17.4 Å². The monoisotopic (exact) mass is 1120 g/mol. The zero-order chi connectivity index (χ0) is 53.3. The molecule has 0 atom stereocenters. The minimum atomic E-state index is -1.19. The van der Waals surface area contributed by atoms with Gasteiger partial charge in [0.2, 0.25) is 0 Å². The topological polar surface area (TPSA) is 0 Å². The fourth-order valence-corrected chi connectivity index (χ4v) is 69.4. The fourth-order valence-electron chi connectivity index (χ4n) is 17.5. The van der Waals surface area contributed by atoms with Crippen LogP contribution in [0.25, 0.3) is 0 Å². The van der Waals surface area contributed by atoms with E-state index in [2.05, 4.69) is 161 Å². The summed E-state index contributed by atoms with van der Waals surface area (Å²) in [5.41, 5.74) is 0. The standard InChI is InChI=1S/3C21H47Si2.Cr/c3*1-8-15-22(16-9-2,17-10-3)21(14-7)23(18-11-4,19-12-5)20-13-6;/h3*8-20H2,1-7H3;/q3*-1;+3. The maximum absolute atomic E-state index is 2.53. The van der Waals surface area contributed by atoms with Gasteiger partial charge in [0.15, 0.2) is 0 Å². The Morgan fingerprint density at radius 2 is 0.229 bits per heavy atom. The molecule has 1 radical (unpaired) electrons. The van der Waals surface area contributed by atoms with Crippen LogP contribution in [0.1, 0.15) is 280 Å². The summed E-state index contributed by atoms with van der Waals surface area (Å²) in [6, 6.07) is 28.6. The molecule has 0 nitrogen and oxygen atoms in total. The molecule has 0 aromatic heterocycles. The first-order valence-corrected chi connectivity index (χ1v) is 48.5. The number of rotatable bonds is 45. The van der Waals surface area contributed by atoms with Crippen molar-refractivity contribution < 1.29 is 17.4 Å². The Hall–Kier alpha value is 1.83. The van der Waals surface area contributed by atoms with Gasteiger partial charge in [-0.05, 0) is 0 Å². The third kappa shape index (κ3) is 24.7. The van der Waals surface area contributed by atoms with Crippen LogP contribution in [0.3, 0.4) is 0 Å². The summed E-state index contributed by atoms with van der Waals surface area (Å²) in [4.78, 5) is 0. The minimum Gasteiger partial charge on any atom is -0.311 e. The van der Waals surface area contributed by atoms with Crippen molar-refractivity contribution in [1.82, 2.24) is 0 Å². The molecule has 70 heavy (non-hydrogen) atoms. The summed E-state index contributed by atoms with van der Waals surface area (Å²) in [6.45, 7) is 51.6. The smallest absolute Gasteiger partial charge is 0.311 e. The molecule has 423 valence electrons. The second-order valence-corrected chi connectivity index (χ2v) is 53.2. The average Bonchev–Trinajstić information content (AvgIpc) is 3.29. The van der Waals surface area contributed by atoms with Crippen LogP contribution in [-0.4, -0.2) is 48.4 Å². The molecule has 7 heteroatoms. The quantitative estimate of drug-likeness (QED) is 0.0421. The Morgan fingerprint density at radius 3 is 0.271 bits per heavy atom. The van der Waals surface area contributed by atoms with Crippen LogP contribution < -0.4 is 0 Å². The molecule has 0 aromatic rings. The number of hydrogen-bond donors (Lipinski definition) is 0. The van der Waals surface area contributed by atoms with E-state index in [-0.39, 0.29) is 17.4 Å². The van der Waals surface area contributed by atoms with Crippen molar-refractivity contribution in [2.45, 2.75) is 389 Å². The van der Waals surface area contributed by atoms with Crippen molar-refractivity contribution in [1.29, 1.82) is 0 Å². The first-order chi connectivity index (χ1) is 33.2. The maximum atomic E-state index is 2.53. The van der Waals surface area contributed by atoms with Gasteiger partial charge in [0.1, 0.15) is 0 Å². The van der Waals surface area contributed by atoms with E-state index in [1.807, 2.05) is 0 Å². The molecule has 0 heterocycles.